The van der Waals surface area contributed by atoms with E-state index in [9.17, 15) is 24.4 Å². The molecule has 0 heterocycles. The highest BCUT2D eigenvalue weighted by Gasteiger charge is 2.72. The first-order valence-corrected chi connectivity index (χ1v) is 14.3. The molecule has 210 valence electrons. The molecule has 0 unspecified atom stereocenters. The summed E-state index contributed by atoms with van der Waals surface area (Å²) in [5.41, 5.74) is 2.77. The number of carbonyl (C=O) groups excluding carboxylic acids is 4. The Morgan fingerprint density at radius 1 is 1.03 bits per heavy atom. The van der Waals surface area contributed by atoms with E-state index in [1.54, 1.807) is 19.1 Å². The lowest BCUT2D eigenvalue weighted by atomic mass is 9.34. The van der Waals surface area contributed by atoms with Gasteiger partial charge < -0.3 is 10.5 Å². The molecule has 0 aliphatic heterocycles. The Morgan fingerprint density at radius 2 is 1.67 bits per heavy atom. The fourth-order valence-corrected chi connectivity index (χ4v) is 10.2. The normalized spacial score (nSPS) is 46.3. The van der Waals surface area contributed by atoms with Crippen molar-refractivity contribution in [1.29, 1.82) is 5.26 Å². The molecule has 5 aliphatic rings. The molecule has 8 atom stereocenters. The second-order valence-electron chi connectivity index (χ2n) is 14.7. The third-order valence-electron chi connectivity index (χ3n) is 12.7. The summed E-state index contributed by atoms with van der Waals surface area (Å²) in [5.74, 6) is -2.37. The van der Waals surface area contributed by atoms with E-state index in [1.165, 1.54) is 7.11 Å². The van der Waals surface area contributed by atoms with E-state index in [4.69, 9.17) is 10.5 Å². The van der Waals surface area contributed by atoms with Gasteiger partial charge in [0.15, 0.2) is 11.6 Å². The number of esters is 1. The molecule has 3 saturated carbocycles. The Bertz CT molecular complexity index is 1300. The number of allylic oxidation sites excluding steroid dienone is 4. The van der Waals surface area contributed by atoms with Gasteiger partial charge in [0.1, 0.15) is 11.5 Å². The molecular weight excluding hydrogens is 492 g/mol. The number of nitrogens with two attached hydrogens (primary N) is 1. The van der Waals surface area contributed by atoms with Crippen molar-refractivity contribution in [1.82, 2.24) is 0 Å². The number of nitrogens with zero attached hydrogens (tertiary/aromatic N) is 1. The molecule has 5 aliphatic carbocycles. The van der Waals surface area contributed by atoms with Gasteiger partial charge in [-0.3, -0.25) is 19.2 Å². The highest BCUT2D eigenvalue weighted by Crippen LogP contribution is 2.74. The maximum atomic E-state index is 14.4. The molecule has 0 saturated heterocycles. The molecule has 0 aromatic heterocycles. The van der Waals surface area contributed by atoms with Crippen molar-refractivity contribution < 1.29 is 23.9 Å². The summed E-state index contributed by atoms with van der Waals surface area (Å²) in [6, 6.07) is 2.02. The van der Waals surface area contributed by atoms with Crippen LogP contribution in [0.4, 0.5) is 0 Å². The van der Waals surface area contributed by atoms with Crippen LogP contribution < -0.4 is 5.73 Å². The maximum absolute atomic E-state index is 14.4. The summed E-state index contributed by atoms with van der Waals surface area (Å²) in [6.07, 6.45) is 8.50. The van der Waals surface area contributed by atoms with Gasteiger partial charge in [0, 0.05) is 11.3 Å². The molecule has 0 aromatic rings. The highest BCUT2D eigenvalue weighted by atomic mass is 16.5. The Kier molecular flexibility index (Phi) is 5.81. The second-order valence-corrected chi connectivity index (χ2v) is 14.7. The van der Waals surface area contributed by atoms with E-state index in [1.807, 2.05) is 13.0 Å². The van der Waals surface area contributed by atoms with Crippen LogP contribution in [-0.4, -0.2) is 30.6 Å². The number of rotatable bonds is 2. The van der Waals surface area contributed by atoms with Crippen LogP contribution in [0.2, 0.25) is 0 Å². The van der Waals surface area contributed by atoms with Crippen molar-refractivity contribution in [2.75, 3.05) is 7.11 Å². The van der Waals surface area contributed by atoms with Crippen LogP contribution in [-0.2, 0) is 23.9 Å². The fourth-order valence-electron chi connectivity index (χ4n) is 10.2. The van der Waals surface area contributed by atoms with E-state index >= 15 is 0 Å². The van der Waals surface area contributed by atoms with Crippen molar-refractivity contribution in [3.63, 3.8) is 0 Å². The first-order chi connectivity index (χ1) is 18.0. The van der Waals surface area contributed by atoms with Gasteiger partial charge in [0.2, 0.25) is 5.91 Å². The minimum absolute atomic E-state index is 0.00659. The number of fused-ring (bicyclic) bond motifs is 7. The molecule has 1 amide bonds. The monoisotopic (exact) mass is 534 g/mol. The van der Waals surface area contributed by atoms with E-state index in [-0.39, 0.29) is 34.6 Å². The van der Waals surface area contributed by atoms with Crippen LogP contribution in [0.1, 0.15) is 86.5 Å². The van der Waals surface area contributed by atoms with Crippen molar-refractivity contribution >= 4 is 23.4 Å². The van der Waals surface area contributed by atoms with Crippen LogP contribution in [0.5, 0.6) is 0 Å². The number of hydrogen-bond acceptors (Lipinski definition) is 6. The predicted octanol–water partition coefficient (Wildman–Crippen LogP) is 4.84. The molecule has 7 heteroatoms. The topological polar surface area (TPSA) is 127 Å². The largest absolute Gasteiger partial charge is 0.469 e. The second kappa shape index (κ2) is 8.15. The molecule has 3 fully saturated rings. The van der Waals surface area contributed by atoms with Gasteiger partial charge in [0.25, 0.3) is 0 Å². The number of nitriles is 1. The molecule has 5 rings (SSSR count). The zero-order valence-corrected chi connectivity index (χ0v) is 24.4. The lowest BCUT2D eigenvalue weighted by molar-refractivity contribution is -0.191. The average molecular weight is 535 g/mol. The first kappa shape index (κ1) is 27.8. The Morgan fingerprint density at radius 3 is 2.26 bits per heavy atom. The number of ether oxygens (including phenoxy) is 1. The fraction of sp³-hybridized carbons (Fsp3) is 0.719. The molecule has 39 heavy (non-hydrogen) atoms. The van der Waals surface area contributed by atoms with Crippen molar-refractivity contribution in [3.05, 3.63) is 23.3 Å². The Hall–Kier alpha value is -2.75. The number of primary amides is 1. The molecule has 0 spiro atoms. The van der Waals surface area contributed by atoms with E-state index in [0.717, 1.165) is 24.8 Å². The van der Waals surface area contributed by atoms with Gasteiger partial charge in [-0.2, -0.15) is 5.26 Å². The van der Waals surface area contributed by atoms with Crippen molar-refractivity contribution in [3.8, 4) is 6.07 Å². The third-order valence-corrected chi connectivity index (χ3v) is 12.7. The van der Waals surface area contributed by atoms with Gasteiger partial charge in [0.05, 0.1) is 18.1 Å². The van der Waals surface area contributed by atoms with Crippen LogP contribution in [0.15, 0.2) is 23.3 Å². The lowest BCUT2D eigenvalue weighted by Gasteiger charge is -2.68. The van der Waals surface area contributed by atoms with E-state index < -0.39 is 44.7 Å². The number of hydrogen-bond donors (Lipinski definition) is 1. The minimum atomic E-state index is -1.53. The quantitative estimate of drug-likeness (QED) is 0.399. The van der Waals surface area contributed by atoms with E-state index in [2.05, 4.69) is 27.7 Å². The number of ketones is 2. The van der Waals surface area contributed by atoms with Crippen molar-refractivity contribution in [2.24, 2.45) is 56.0 Å². The highest BCUT2D eigenvalue weighted by molar-refractivity contribution is 6.16. The van der Waals surface area contributed by atoms with Gasteiger partial charge >= 0.3 is 5.97 Å². The number of Topliss-reactive ketones (excluding diaryl/α,β-unsaturated/α-hetero) is 1. The zero-order valence-electron chi connectivity index (χ0n) is 24.4. The first-order valence-electron chi connectivity index (χ1n) is 14.3. The molecule has 0 bridgehead atoms. The van der Waals surface area contributed by atoms with Crippen LogP contribution >= 0.6 is 0 Å². The summed E-state index contributed by atoms with van der Waals surface area (Å²) in [7, 11) is 1.45. The van der Waals surface area contributed by atoms with Crippen molar-refractivity contribution in [2.45, 2.75) is 86.5 Å². The Balaban J connectivity index is 1.72. The van der Waals surface area contributed by atoms with Gasteiger partial charge in [-0.1, -0.05) is 46.3 Å². The van der Waals surface area contributed by atoms with Gasteiger partial charge in [-0.15, -0.1) is 0 Å². The standard InChI is InChI=1S/C32H42N2O5/c1-27(2)10-12-32(26(38)39-7)13-11-30(5)23(19(32)16-27)20(35)14-22-28(3)15-18(17-33)24(36)31(6,25(34)37)21(28)8-9-29(22,30)4/h14-15,19,21,23H,8-13,16H2,1-7H3,(H2,34,37)/t19-,21+,23-,28-,29+,30+,31-,32-/m0/s1. The minimum Gasteiger partial charge on any atom is -0.469 e. The Labute approximate surface area is 231 Å². The third kappa shape index (κ3) is 3.21. The molecule has 7 nitrogen and oxygen atoms in total. The summed E-state index contributed by atoms with van der Waals surface area (Å²) < 4.78 is 5.38. The van der Waals surface area contributed by atoms with Crippen LogP contribution in [0.3, 0.4) is 0 Å². The lowest BCUT2D eigenvalue weighted by Crippen LogP contribution is -2.66. The molecule has 0 aromatic carbocycles. The van der Waals surface area contributed by atoms with Gasteiger partial charge in [-0.05, 0) is 86.0 Å². The van der Waals surface area contributed by atoms with Crippen LogP contribution in [0.25, 0.3) is 0 Å². The summed E-state index contributed by atoms with van der Waals surface area (Å²) >= 11 is 0. The number of carbonyl (C=O) groups is 4. The number of amides is 1. The SMILES string of the molecule is COC(=O)[C@]12CCC(C)(C)C[C@H]1[C@H]1C(=O)C=C3[C@@]4(C)C=C(C#N)C(=O)[C@@](C)(C(N)=O)[C@@H]4CC[C@@]3(C)[C@]1(C)CC2. The number of methoxy groups -OCH3 is 1. The molecular formula is C32H42N2O5. The van der Waals surface area contributed by atoms with Crippen LogP contribution in [0, 0.1) is 61.6 Å². The summed E-state index contributed by atoms with van der Waals surface area (Å²) in [4.78, 5) is 54.0. The smallest absolute Gasteiger partial charge is 0.312 e. The predicted molar refractivity (Wildman–Crippen MR) is 144 cm³/mol. The maximum Gasteiger partial charge on any atom is 0.312 e. The zero-order chi connectivity index (χ0) is 29.0. The molecule has 2 N–H and O–H groups in total. The summed E-state index contributed by atoms with van der Waals surface area (Å²) in [6.45, 7) is 12.4. The average Bonchev–Trinajstić information content (AvgIpc) is 2.86. The summed E-state index contributed by atoms with van der Waals surface area (Å²) in [5, 5.41) is 9.89. The molecule has 0 radical (unpaired) electrons. The van der Waals surface area contributed by atoms with Gasteiger partial charge in [-0.25, -0.2) is 0 Å². The van der Waals surface area contributed by atoms with E-state index in [0.29, 0.717) is 25.7 Å².